The Hall–Kier alpha value is -0.900. The summed E-state index contributed by atoms with van der Waals surface area (Å²) in [5, 5.41) is 2.71. The molecule has 0 saturated carbocycles. The first-order chi connectivity index (χ1) is 5.96. The van der Waals surface area contributed by atoms with Crippen LogP contribution in [0.15, 0.2) is 18.2 Å². The number of hydrogen-bond donors (Lipinski definition) is 1. The number of halogens is 4. The van der Waals surface area contributed by atoms with E-state index in [-0.39, 0.29) is 18.0 Å². The van der Waals surface area contributed by atoms with Gasteiger partial charge < -0.3 is 5.32 Å². The molecule has 0 atom stereocenters. The average Bonchev–Trinajstić information content (AvgIpc) is 2.02. The maximum Gasteiger partial charge on any atom is 0.416 e. The highest BCUT2D eigenvalue weighted by atomic mass is 35.5. The van der Waals surface area contributed by atoms with Crippen molar-refractivity contribution in [1.82, 2.24) is 0 Å². The van der Waals surface area contributed by atoms with Crippen LogP contribution in [0.1, 0.15) is 11.1 Å². The molecular formula is C9H11ClF3N. The standard InChI is InChI=1S/C9H10F3N.ClH/c1-6-7(9(10,11)12)4-3-5-8(6)13-2;/h3-5,13H,1-2H3;1H. The summed E-state index contributed by atoms with van der Waals surface area (Å²) in [5.41, 5.74) is 0.159. The predicted molar refractivity (Wildman–Crippen MR) is 53.0 cm³/mol. The largest absolute Gasteiger partial charge is 0.416 e. The maximum absolute atomic E-state index is 12.3. The lowest BCUT2D eigenvalue weighted by Gasteiger charge is -2.13. The molecule has 0 heterocycles. The van der Waals surface area contributed by atoms with Crippen LogP contribution in [0.5, 0.6) is 0 Å². The molecule has 1 N–H and O–H groups in total. The van der Waals surface area contributed by atoms with Gasteiger partial charge in [-0.1, -0.05) is 6.07 Å². The summed E-state index contributed by atoms with van der Waals surface area (Å²) < 4.78 is 37.0. The lowest BCUT2D eigenvalue weighted by atomic mass is 10.1. The molecule has 0 amide bonds. The van der Waals surface area contributed by atoms with Gasteiger partial charge in [0.1, 0.15) is 0 Å². The van der Waals surface area contributed by atoms with Crippen LogP contribution in [-0.4, -0.2) is 7.05 Å². The molecule has 0 spiro atoms. The van der Waals surface area contributed by atoms with Gasteiger partial charge in [0.05, 0.1) is 5.56 Å². The number of anilines is 1. The van der Waals surface area contributed by atoms with Crippen LogP contribution < -0.4 is 5.32 Å². The van der Waals surface area contributed by atoms with Crippen molar-refractivity contribution in [3.8, 4) is 0 Å². The summed E-state index contributed by atoms with van der Waals surface area (Å²) in [6.45, 7) is 1.45. The molecule has 0 bridgehead atoms. The Morgan fingerprint density at radius 1 is 1.21 bits per heavy atom. The van der Waals surface area contributed by atoms with Gasteiger partial charge in [-0.05, 0) is 24.6 Å². The number of hydrogen-bond acceptors (Lipinski definition) is 1. The first-order valence-corrected chi connectivity index (χ1v) is 3.81. The Morgan fingerprint density at radius 2 is 1.79 bits per heavy atom. The fraction of sp³-hybridized carbons (Fsp3) is 0.333. The quantitative estimate of drug-likeness (QED) is 0.772. The van der Waals surface area contributed by atoms with Crippen molar-refractivity contribution in [1.29, 1.82) is 0 Å². The molecule has 0 aromatic heterocycles. The molecule has 14 heavy (non-hydrogen) atoms. The second-order valence-electron chi connectivity index (χ2n) is 2.73. The highest BCUT2D eigenvalue weighted by molar-refractivity contribution is 5.85. The van der Waals surface area contributed by atoms with Crippen molar-refractivity contribution in [3.63, 3.8) is 0 Å². The summed E-state index contributed by atoms with van der Waals surface area (Å²) in [5.74, 6) is 0. The Labute approximate surface area is 86.7 Å². The van der Waals surface area contributed by atoms with Crippen molar-refractivity contribution in [2.75, 3.05) is 12.4 Å². The summed E-state index contributed by atoms with van der Waals surface area (Å²) in [6, 6.07) is 4.09. The van der Waals surface area contributed by atoms with Crippen LogP contribution in [-0.2, 0) is 6.18 Å². The van der Waals surface area contributed by atoms with Crippen LogP contribution in [0.4, 0.5) is 18.9 Å². The van der Waals surface area contributed by atoms with Crippen molar-refractivity contribution >= 4 is 18.1 Å². The topological polar surface area (TPSA) is 12.0 Å². The van der Waals surface area contributed by atoms with E-state index in [1.165, 1.54) is 13.0 Å². The van der Waals surface area contributed by atoms with Crippen molar-refractivity contribution in [3.05, 3.63) is 29.3 Å². The van der Waals surface area contributed by atoms with Gasteiger partial charge >= 0.3 is 6.18 Å². The third-order valence-corrected chi connectivity index (χ3v) is 1.91. The Morgan fingerprint density at radius 3 is 2.21 bits per heavy atom. The van der Waals surface area contributed by atoms with Gasteiger partial charge in [0.15, 0.2) is 0 Å². The van der Waals surface area contributed by atoms with E-state index in [1.807, 2.05) is 0 Å². The van der Waals surface area contributed by atoms with Crippen LogP contribution in [0.2, 0.25) is 0 Å². The summed E-state index contributed by atoms with van der Waals surface area (Å²) >= 11 is 0. The van der Waals surface area contributed by atoms with Gasteiger partial charge in [-0.25, -0.2) is 0 Å². The van der Waals surface area contributed by atoms with E-state index in [9.17, 15) is 13.2 Å². The van der Waals surface area contributed by atoms with E-state index in [4.69, 9.17) is 0 Å². The second-order valence-corrected chi connectivity index (χ2v) is 2.73. The van der Waals surface area contributed by atoms with Crippen molar-refractivity contribution < 1.29 is 13.2 Å². The van der Waals surface area contributed by atoms with Gasteiger partial charge in [0.2, 0.25) is 0 Å². The lowest BCUT2D eigenvalue weighted by molar-refractivity contribution is -0.138. The fourth-order valence-electron chi connectivity index (χ4n) is 1.21. The molecule has 0 unspecified atom stereocenters. The van der Waals surface area contributed by atoms with Gasteiger partial charge in [-0.3, -0.25) is 0 Å². The maximum atomic E-state index is 12.3. The molecule has 1 nitrogen and oxygen atoms in total. The van der Waals surface area contributed by atoms with Crippen LogP contribution >= 0.6 is 12.4 Å². The van der Waals surface area contributed by atoms with E-state index in [0.29, 0.717) is 5.69 Å². The molecule has 1 aromatic carbocycles. The Bertz CT molecular complexity index is 309. The molecule has 0 radical (unpaired) electrons. The zero-order valence-electron chi connectivity index (χ0n) is 7.77. The number of benzene rings is 1. The molecule has 0 aliphatic rings. The Kier molecular flexibility index (Phi) is 4.26. The molecule has 0 aliphatic heterocycles. The number of rotatable bonds is 1. The van der Waals surface area contributed by atoms with Crippen LogP contribution in [0.3, 0.4) is 0 Å². The molecule has 0 saturated heterocycles. The molecule has 0 aliphatic carbocycles. The molecule has 5 heteroatoms. The third kappa shape index (κ3) is 2.54. The zero-order valence-corrected chi connectivity index (χ0v) is 8.59. The minimum atomic E-state index is -4.27. The van der Waals surface area contributed by atoms with E-state index < -0.39 is 11.7 Å². The molecule has 1 rings (SSSR count). The first kappa shape index (κ1) is 13.1. The van der Waals surface area contributed by atoms with Crippen molar-refractivity contribution in [2.45, 2.75) is 13.1 Å². The van der Waals surface area contributed by atoms with Crippen molar-refractivity contribution in [2.24, 2.45) is 0 Å². The highest BCUT2D eigenvalue weighted by Gasteiger charge is 2.32. The molecular weight excluding hydrogens is 215 g/mol. The second kappa shape index (κ2) is 4.55. The van der Waals surface area contributed by atoms with E-state index >= 15 is 0 Å². The zero-order chi connectivity index (χ0) is 10.1. The Balaban J connectivity index is 0.00000169. The number of nitrogens with one attached hydrogen (secondary N) is 1. The highest BCUT2D eigenvalue weighted by Crippen LogP contribution is 2.34. The molecule has 80 valence electrons. The average molecular weight is 226 g/mol. The van der Waals surface area contributed by atoms with E-state index in [1.54, 1.807) is 13.1 Å². The SMILES string of the molecule is CNc1cccc(C(F)(F)F)c1C.Cl. The normalized spacial score (nSPS) is 10.6. The van der Waals surface area contributed by atoms with E-state index in [2.05, 4.69) is 5.32 Å². The minimum Gasteiger partial charge on any atom is -0.388 e. The summed E-state index contributed by atoms with van der Waals surface area (Å²) in [7, 11) is 1.60. The molecule has 0 fully saturated rings. The van der Waals surface area contributed by atoms with Gasteiger partial charge in [-0.15, -0.1) is 12.4 Å². The van der Waals surface area contributed by atoms with Gasteiger partial charge in [0, 0.05) is 12.7 Å². The number of alkyl halides is 3. The minimum absolute atomic E-state index is 0. The van der Waals surface area contributed by atoms with Crippen LogP contribution in [0.25, 0.3) is 0 Å². The predicted octanol–water partition coefficient (Wildman–Crippen LogP) is 3.48. The smallest absolute Gasteiger partial charge is 0.388 e. The first-order valence-electron chi connectivity index (χ1n) is 3.81. The third-order valence-electron chi connectivity index (χ3n) is 1.91. The summed E-state index contributed by atoms with van der Waals surface area (Å²) in [6.07, 6.45) is -4.27. The fourth-order valence-corrected chi connectivity index (χ4v) is 1.21. The van der Waals surface area contributed by atoms with Gasteiger partial charge in [0.25, 0.3) is 0 Å². The summed E-state index contributed by atoms with van der Waals surface area (Å²) in [4.78, 5) is 0. The van der Waals surface area contributed by atoms with Crippen LogP contribution in [0, 0.1) is 6.92 Å². The lowest BCUT2D eigenvalue weighted by Crippen LogP contribution is -2.08. The molecule has 1 aromatic rings. The monoisotopic (exact) mass is 225 g/mol. The van der Waals surface area contributed by atoms with Gasteiger partial charge in [-0.2, -0.15) is 13.2 Å². The van der Waals surface area contributed by atoms with E-state index in [0.717, 1.165) is 6.07 Å².